The molecule has 0 fully saturated rings. The summed E-state index contributed by atoms with van der Waals surface area (Å²) in [5.41, 5.74) is 1.87. The van der Waals surface area contributed by atoms with Crippen LogP contribution in [0.25, 0.3) is 10.9 Å². The van der Waals surface area contributed by atoms with E-state index in [9.17, 15) is 4.39 Å². The van der Waals surface area contributed by atoms with Crippen molar-refractivity contribution in [2.45, 2.75) is 19.9 Å². The number of halogens is 2. The van der Waals surface area contributed by atoms with Crippen LogP contribution in [0.1, 0.15) is 12.0 Å². The molecule has 1 aromatic carbocycles. The van der Waals surface area contributed by atoms with Crippen molar-refractivity contribution in [3.63, 3.8) is 0 Å². The number of fused-ring (bicyclic) bond motifs is 1. The lowest BCUT2D eigenvalue weighted by molar-refractivity contribution is 0.589. The molecule has 0 saturated carbocycles. The first-order valence-corrected chi connectivity index (χ1v) is 7.48. The van der Waals surface area contributed by atoms with Crippen molar-refractivity contribution in [1.82, 2.24) is 14.8 Å². The molecule has 0 atom stereocenters. The molecule has 0 aliphatic carbocycles. The normalized spacial score (nSPS) is 11.0. The van der Waals surface area contributed by atoms with Crippen LogP contribution in [-0.2, 0) is 6.54 Å². The third-order valence-electron chi connectivity index (χ3n) is 3.44. The second-order valence-electron chi connectivity index (χ2n) is 5.18. The molecule has 114 valence electrons. The summed E-state index contributed by atoms with van der Waals surface area (Å²) in [6.45, 7) is 3.45. The van der Waals surface area contributed by atoms with Crippen LogP contribution in [0.3, 0.4) is 0 Å². The first-order valence-electron chi connectivity index (χ1n) is 7.11. The predicted octanol–water partition coefficient (Wildman–Crippen LogP) is 4.03. The summed E-state index contributed by atoms with van der Waals surface area (Å²) in [5, 5.41) is 8.45. The number of aryl methyl sites for hydroxylation is 2. The molecule has 6 heteroatoms. The van der Waals surface area contributed by atoms with Gasteiger partial charge in [-0.15, -0.1) is 0 Å². The van der Waals surface area contributed by atoms with Crippen LogP contribution in [0.4, 0.5) is 10.1 Å². The summed E-state index contributed by atoms with van der Waals surface area (Å²) in [6.07, 6.45) is 6.17. The maximum atomic E-state index is 14.4. The Labute approximate surface area is 132 Å². The van der Waals surface area contributed by atoms with E-state index in [1.54, 1.807) is 18.2 Å². The van der Waals surface area contributed by atoms with Crippen LogP contribution in [0.15, 0.2) is 36.8 Å². The monoisotopic (exact) mass is 318 g/mol. The molecule has 0 aliphatic rings. The minimum atomic E-state index is -0.366. The van der Waals surface area contributed by atoms with Gasteiger partial charge in [0.25, 0.3) is 0 Å². The summed E-state index contributed by atoms with van der Waals surface area (Å²) >= 11 is 6.04. The Kier molecular flexibility index (Phi) is 4.24. The van der Waals surface area contributed by atoms with Gasteiger partial charge in [0, 0.05) is 30.9 Å². The molecule has 0 bridgehead atoms. The van der Waals surface area contributed by atoms with Gasteiger partial charge in [-0.2, -0.15) is 5.10 Å². The Morgan fingerprint density at radius 3 is 2.95 bits per heavy atom. The molecular weight excluding hydrogens is 303 g/mol. The lowest BCUT2D eigenvalue weighted by Crippen LogP contribution is -2.08. The number of benzene rings is 1. The highest BCUT2D eigenvalue weighted by molar-refractivity contribution is 6.35. The Balaban J connectivity index is 1.65. The number of pyridine rings is 1. The van der Waals surface area contributed by atoms with Gasteiger partial charge in [0.1, 0.15) is 5.52 Å². The van der Waals surface area contributed by atoms with Crippen molar-refractivity contribution in [1.29, 1.82) is 0 Å². The largest absolute Gasteiger partial charge is 0.383 e. The molecular formula is C16H16ClFN4. The van der Waals surface area contributed by atoms with E-state index in [1.807, 2.05) is 24.0 Å². The van der Waals surface area contributed by atoms with Gasteiger partial charge in [-0.05, 0) is 37.1 Å². The van der Waals surface area contributed by atoms with Gasteiger partial charge in [0.2, 0.25) is 0 Å². The van der Waals surface area contributed by atoms with Crippen molar-refractivity contribution in [2.75, 3.05) is 11.9 Å². The smallest absolute Gasteiger partial charge is 0.172 e. The van der Waals surface area contributed by atoms with Gasteiger partial charge in [-0.25, -0.2) is 4.39 Å². The van der Waals surface area contributed by atoms with Crippen molar-refractivity contribution < 1.29 is 4.39 Å². The number of aromatic nitrogens is 3. The van der Waals surface area contributed by atoms with Gasteiger partial charge in [0.15, 0.2) is 5.82 Å². The highest BCUT2D eigenvalue weighted by Gasteiger charge is 2.10. The molecule has 1 N–H and O–H groups in total. The van der Waals surface area contributed by atoms with Crippen LogP contribution in [0, 0.1) is 12.7 Å². The van der Waals surface area contributed by atoms with Gasteiger partial charge in [-0.3, -0.25) is 9.67 Å². The third-order valence-corrected chi connectivity index (χ3v) is 3.77. The van der Waals surface area contributed by atoms with E-state index in [2.05, 4.69) is 15.4 Å². The summed E-state index contributed by atoms with van der Waals surface area (Å²) in [7, 11) is 0. The fraction of sp³-hybridized carbons (Fsp3) is 0.250. The maximum Gasteiger partial charge on any atom is 0.172 e. The second kappa shape index (κ2) is 6.32. The molecule has 2 heterocycles. The number of anilines is 1. The zero-order chi connectivity index (χ0) is 15.5. The average Bonchev–Trinajstić information content (AvgIpc) is 2.92. The molecule has 2 aromatic heterocycles. The fourth-order valence-corrected chi connectivity index (χ4v) is 2.55. The van der Waals surface area contributed by atoms with Crippen molar-refractivity contribution in [3.8, 4) is 0 Å². The number of nitrogens with zero attached hydrogens (tertiary/aromatic N) is 3. The molecule has 22 heavy (non-hydrogen) atoms. The van der Waals surface area contributed by atoms with Crippen LogP contribution >= 0.6 is 11.6 Å². The Hall–Kier alpha value is -2.14. The predicted molar refractivity (Wildman–Crippen MR) is 86.8 cm³/mol. The van der Waals surface area contributed by atoms with Crippen molar-refractivity contribution in [3.05, 3.63) is 53.2 Å². The number of nitrogens with one attached hydrogen (secondary N) is 1. The van der Waals surface area contributed by atoms with Crippen molar-refractivity contribution in [2.24, 2.45) is 0 Å². The minimum absolute atomic E-state index is 0.292. The van der Waals surface area contributed by atoms with Crippen molar-refractivity contribution >= 4 is 28.2 Å². The minimum Gasteiger partial charge on any atom is -0.383 e. The Morgan fingerprint density at radius 2 is 2.18 bits per heavy atom. The van der Waals surface area contributed by atoms with E-state index in [0.29, 0.717) is 28.2 Å². The molecule has 3 aromatic rings. The first kappa shape index (κ1) is 14.8. The van der Waals surface area contributed by atoms with E-state index in [1.165, 1.54) is 6.20 Å². The van der Waals surface area contributed by atoms with Gasteiger partial charge in [-0.1, -0.05) is 11.6 Å². The zero-order valence-electron chi connectivity index (χ0n) is 12.2. The summed E-state index contributed by atoms with van der Waals surface area (Å²) in [4.78, 5) is 4.07. The standard InChI is InChI=1S/C16H16ClFN4/c1-11-9-21-22(10-11)8-2-6-19-14-4-3-12-13(17)5-7-20-16(12)15(14)18/h3-5,7,9-10,19H,2,6,8H2,1H3. The second-order valence-corrected chi connectivity index (χ2v) is 5.58. The Bertz CT molecular complexity index is 800. The van der Waals surface area contributed by atoms with Crippen LogP contribution in [0.2, 0.25) is 5.02 Å². The topological polar surface area (TPSA) is 42.7 Å². The highest BCUT2D eigenvalue weighted by atomic mass is 35.5. The SMILES string of the molecule is Cc1cnn(CCCNc2ccc3c(Cl)ccnc3c2F)c1. The average molecular weight is 319 g/mol. The quantitative estimate of drug-likeness (QED) is 0.722. The molecule has 0 radical (unpaired) electrons. The molecule has 0 saturated heterocycles. The van der Waals surface area contributed by atoms with E-state index < -0.39 is 0 Å². The molecule has 0 unspecified atom stereocenters. The van der Waals surface area contributed by atoms with Crippen LogP contribution in [0.5, 0.6) is 0 Å². The van der Waals surface area contributed by atoms with Gasteiger partial charge >= 0.3 is 0 Å². The zero-order valence-corrected chi connectivity index (χ0v) is 12.9. The lowest BCUT2D eigenvalue weighted by atomic mass is 10.2. The van der Waals surface area contributed by atoms with Crippen LogP contribution in [-0.4, -0.2) is 21.3 Å². The molecule has 0 aliphatic heterocycles. The molecule has 4 nitrogen and oxygen atoms in total. The maximum absolute atomic E-state index is 14.4. The van der Waals surface area contributed by atoms with Gasteiger partial charge in [0.05, 0.1) is 16.9 Å². The Morgan fingerprint density at radius 1 is 1.32 bits per heavy atom. The molecule has 3 rings (SSSR count). The molecule has 0 spiro atoms. The van der Waals surface area contributed by atoms with Crippen LogP contribution < -0.4 is 5.32 Å². The summed E-state index contributed by atoms with van der Waals surface area (Å²) < 4.78 is 16.3. The van der Waals surface area contributed by atoms with E-state index in [-0.39, 0.29) is 5.82 Å². The summed E-state index contributed by atoms with van der Waals surface area (Å²) in [6, 6.07) is 5.14. The lowest BCUT2D eigenvalue weighted by Gasteiger charge is -2.09. The number of hydrogen-bond acceptors (Lipinski definition) is 3. The number of rotatable bonds is 5. The third kappa shape index (κ3) is 3.04. The first-order chi connectivity index (χ1) is 10.6. The fourth-order valence-electron chi connectivity index (χ4n) is 2.34. The van der Waals surface area contributed by atoms with E-state index in [4.69, 9.17) is 11.6 Å². The van der Waals surface area contributed by atoms with E-state index in [0.717, 1.165) is 18.5 Å². The molecule has 0 amide bonds. The summed E-state index contributed by atoms with van der Waals surface area (Å²) in [5.74, 6) is -0.366. The highest BCUT2D eigenvalue weighted by Crippen LogP contribution is 2.27. The number of hydrogen-bond donors (Lipinski definition) is 1. The van der Waals surface area contributed by atoms with Gasteiger partial charge < -0.3 is 5.32 Å². The van der Waals surface area contributed by atoms with E-state index >= 15 is 0 Å².